The van der Waals surface area contributed by atoms with E-state index in [-0.39, 0.29) is 36.3 Å². The van der Waals surface area contributed by atoms with Crippen molar-refractivity contribution in [3.63, 3.8) is 0 Å². The topological polar surface area (TPSA) is 34.1 Å². The van der Waals surface area contributed by atoms with Crippen LogP contribution in [0.25, 0.3) is 0 Å². The Labute approximate surface area is 86.3 Å². The van der Waals surface area contributed by atoms with E-state index < -0.39 is 5.41 Å². The third-order valence-corrected chi connectivity index (χ3v) is 1.43. The molecule has 0 aliphatic carbocycles. The standard InChI is InChI=1S/C9H16O2.Li/c1-6(2)7(10)8(11)9(3,4)5;/h6H,1-5H3;. The zero-order chi connectivity index (χ0) is 9.23. The third-order valence-electron chi connectivity index (χ3n) is 1.43. The Bertz CT molecular complexity index is 177. The van der Waals surface area contributed by atoms with Gasteiger partial charge in [-0.2, -0.15) is 0 Å². The molecule has 0 fully saturated rings. The van der Waals surface area contributed by atoms with E-state index in [4.69, 9.17) is 0 Å². The van der Waals surface area contributed by atoms with Crippen LogP contribution in [0, 0.1) is 11.3 Å². The molecule has 3 heteroatoms. The van der Waals surface area contributed by atoms with Crippen molar-refractivity contribution in [3.8, 4) is 0 Å². The monoisotopic (exact) mass is 163 g/mol. The molecule has 0 spiro atoms. The Morgan fingerprint density at radius 1 is 1.08 bits per heavy atom. The second-order valence-electron chi connectivity index (χ2n) is 4.10. The minimum atomic E-state index is -0.526. The van der Waals surface area contributed by atoms with Crippen LogP contribution in [-0.2, 0) is 9.59 Å². The molecule has 0 N–H and O–H groups in total. The second-order valence-corrected chi connectivity index (χ2v) is 4.10. The minimum absolute atomic E-state index is 0. The van der Waals surface area contributed by atoms with E-state index >= 15 is 0 Å². The molecule has 1 radical (unpaired) electrons. The van der Waals surface area contributed by atoms with Crippen LogP contribution in [0.3, 0.4) is 0 Å². The fourth-order valence-electron chi connectivity index (χ4n) is 0.632. The maximum Gasteiger partial charge on any atom is 0.203 e. The van der Waals surface area contributed by atoms with Crippen LogP contribution in [-0.4, -0.2) is 30.4 Å². The van der Waals surface area contributed by atoms with Crippen molar-refractivity contribution >= 4 is 30.4 Å². The Kier molecular flexibility index (Phi) is 5.83. The summed E-state index contributed by atoms with van der Waals surface area (Å²) in [7, 11) is 0. The summed E-state index contributed by atoms with van der Waals surface area (Å²) in [5.41, 5.74) is -0.526. The summed E-state index contributed by atoms with van der Waals surface area (Å²) in [5.74, 6) is -0.716. The number of Topliss-reactive ketones (excluding diaryl/α,β-unsaturated/α-hetero) is 2. The largest absolute Gasteiger partial charge is 0.291 e. The van der Waals surface area contributed by atoms with Crippen molar-refractivity contribution in [2.45, 2.75) is 34.6 Å². The van der Waals surface area contributed by atoms with Crippen LogP contribution < -0.4 is 0 Å². The quantitative estimate of drug-likeness (QED) is 0.456. The van der Waals surface area contributed by atoms with Crippen LogP contribution >= 0.6 is 0 Å². The van der Waals surface area contributed by atoms with Crippen LogP contribution in [0.2, 0.25) is 0 Å². The van der Waals surface area contributed by atoms with Gasteiger partial charge in [0.2, 0.25) is 11.6 Å². The van der Waals surface area contributed by atoms with E-state index in [0.29, 0.717) is 0 Å². The average molecular weight is 163 g/mol. The summed E-state index contributed by atoms with van der Waals surface area (Å²) in [5, 5.41) is 0. The van der Waals surface area contributed by atoms with Crippen molar-refractivity contribution < 1.29 is 9.59 Å². The Balaban J connectivity index is 0. The number of carbonyl (C=O) groups excluding carboxylic acids is 2. The van der Waals surface area contributed by atoms with E-state index in [1.54, 1.807) is 34.6 Å². The molecule has 0 aromatic heterocycles. The van der Waals surface area contributed by atoms with Crippen molar-refractivity contribution in [2.75, 3.05) is 0 Å². The Hall–Kier alpha value is -0.0626. The van der Waals surface area contributed by atoms with Gasteiger partial charge in [-0.3, -0.25) is 9.59 Å². The van der Waals surface area contributed by atoms with Gasteiger partial charge in [0.15, 0.2) is 0 Å². The molecule has 65 valence electrons. The number of hydrogen-bond donors (Lipinski definition) is 0. The van der Waals surface area contributed by atoms with E-state index in [1.807, 2.05) is 0 Å². The minimum Gasteiger partial charge on any atom is -0.291 e. The Morgan fingerprint density at radius 2 is 1.42 bits per heavy atom. The van der Waals surface area contributed by atoms with Crippen molar-refractivity contribution in [1.82, 2.24) is 0 Å². The van der Waals surface area contributed by atoms with Crippen molar-refractivity contribution in [3.05, 3.63) is 0 Å². The number of carbonyl (C=O) groups is 2. The molecule has 0 heterocycles. The molecular formula is C9H16LiO2. The first-order valence-corrected chi connectivity index (χ1v) is 3.85. The van der Waals surface area contributed by atoms with E-state index in [2.05, 4.69) is 0 Å². The van der Waals surface area contributed by atoms with E-state index in [9.17, 15) is 9.59 Å². The smallest absolute Gasteiger partial charge is 0.203 e. The molecular weight excluding hydrogens is 147 g/mol. The zero-order valence-corrected chi connectivity index (χ0v) is 8.89. The fourth-order valence-corrected chi connectivity index (χ4v) is 0.632. The summed E-state index contributed by atoms with van der Waals surface area (Å²) < 4.78 is 0. The first kappa shape index (κ1) is 14.5. The number of ketones is 2. The van der Waals surface area contributed by atoms with Gasteiger partial charge in [-0.1, -0.05) is 34.6 Å². The number of hydrogen-bond acceptors (Lipinski definition) is 2. The predicted octanol–water partition coefficient (Wildman–Crippen LogP) is 1.45. The molecule has 0 aliphatic rings. The molecule has 2 nitrogen and oxygen atoms in total. The van der Waals surface area contributed by atoms with Gasteiger partial charge < -0.3 is 0 Å². The first-order chi connectivity index (χ1) is 4.76. The van der Waals surface area contributed by atoms with Gasteiger partial charge in [0.25, 0.3) is 0 Å². The second kappa shape index (κ2) is 4.84. The average Bonchev–Trinajstić information content (AvgIpc) is 1.82. The van der Waals surface area contributed by atoms with Crippen LogP contribution in [0.1, 0.15) is 34.6 Å². The van der Waals surface area contributed by atoms with Gasteiger partial charge >= 0.3 is 0 Å². The zero-order valence-electron chi connectivity index (χ0n) is 8.89. The Morgan fingerprint density at radius 3 is 1.50 bits per heavy atom. The summed E-state index contributed by atoms with van der Waals surface area (Å²) >= 11 is 0. The summed E-state index contributed by atoms with van der Waals surface area (Å²) in [6.45, 7) is 8.76. The normalized spacial score (nSPS) is 10.8. The first-order valence-electron chi connectivity index (χ1n) is 3.85. The van der Waals surface area contributed by atoms with Crippen LogP contribution in [0.4, 0.5) is 0 Å². The SMILES string of the molecule is CC(C)C(=O)C(=O)C(C)(C)C.[Li]. The van der Waals surface area contributed by atoms with Gasteiger partial charge in [-0.15, -0.1) is 0 Å². The number of rotatable bonds is 2. The molecule has 0 bridgehead atoms. The summed E-state index contributed by atoms with van der Waals surface area (Å²) in [4.78, 5) is 22.4. The van der Waals surface area contributed by atoms with E-state index in [0.717, 1.165) is 0 Å². The predicted molar refractivity (Wildman–Crippen MR) is 50.1 cm³/mol. The van der Waals surface area contributed by atoms with Crippen LogP contribution in [0.15, 0.2) is 0 Å². The molecule has 0 saturated carbocycles. The summed E-state index contributed by atoms with van der Waals surface area (Å²) in [6.07, 6.45) is 0. The fraction of sp³-hybridized carbons (Fsp3) is 0.778. The molecule has 0 rings (SSSR count). The van der Waals surface area contributed by atoms with Crippen LogP contribution in [0.5, 0.6) is 0 Å². The van der Waals surface area contributed by atoms with Gasteiger partial charge in [0.05, 0.1) is 0 Å². The van der Waals surface area contributed by atoms with E-state index in [1.165, 1.54) is 0 Å². The maximum absolute atomic E-state index is 11.3. The molecule has 0 unspecified atom stereocenters. The molecule has 0 saturated heterocycles. The third kappa shape index (κ3) is 4.09. The van der Waals surface area contributed by atoms with Gasteiger partial charge in [-0.05, 0) is 0 Å². The molecule has 0 aliphatic heterocycles. The van der Waals surface area contributed by atoms with Crippen molar-refractivity contribution in [2.24, 2.45) is 11.3 Å². The molecule has 0 amide bonds. The molecule has 0 aromatic rings. The summed E-state index contributed by atoms with van der Waals surface area (Å²) in [6, 6.07) is 0. The van der Waals surface area contributed by atoms with Gasteiger partial charge in [0.1, 0.15) is 0 Å². The van der Waals surface area contributed by atoms with Gasteiger partial charge in [-0.25, -0.2) is 0 Å². The molecule has 0 aromatic carbocycles. The van der Waals surface area contributed by atoms with Gasteiger partial charge in [0, 0.05) is 30.2 Å². The maximum atomic E-state index is 11.3. The van der Waals surface area contributed by atoms with Crippen molar-refractivity contribution in [1.29, 1.82) is 0 Å². The molecule has 12 heavy (non-hydrogen) atoms. The molecule has 0 atom stereocenters.